The Morgan fingerprint density at radius 3 is 2.31 bits per heavy atom. The van der Waals surface area contributed by atoms with Crippen LogP contribution in [0.15, 0.2) is 30.6 Å². The Labute approximate surface area is 211 Å². The smallest absolute Gasteiger partial charge is 0.243 e. The molecule has 1 N–H and O–H groups in total. The fourth-order valence-corrected chi connectivity index (χ4v) is 5.51. The Kier molecular flexibility index (Phi) is 7.46. The zero-order valence-electron chi connectivity index (χ0n) is 21.3. The lowest BCUT2D eigenvalue weighted by molar-refractivity contribution is 0.117. The maximum Gasteiger partial charge on any atom is 0.243 e. The van der Waals surface area contributed by atoms with E-state index in [-0.39, 0.29) is 18.0 Å². The quantitative estimate of drug-likeness (QED) is 0.455. The van der Waals surface area contributed by atoms with Gasteiger partial charge >= 0.3 is 0 Å². The molecule has 0 saturated carbocycles. The van der Waals surface area contributed by atoms with Crippen LogP contribution in [0.1, 0.15) is 56.2 Å². The zero-order chi connectivity index (χ0) is 26.0. The summed E-state index contributed by atoms with van der Waals surface area (Å²) in [6.07, 6.45) is 3.96. The maximum atomic E-state index is 13.5. The average Bonchev–Trinajstić information content (AvgIpc) is 3.47. The minimum Gasteiger partial charge on any atom is -0.494 e. The first-order valence-corrected chi connectivity index (χ1v) is 13.3. The van der Waals surface area contributed by atoms with E-state index in [0.717, 1.165) is 12.0 Å². The van der Waals surface area contributed by atoms with Crippen LogP contribution in [0, 0.1) is 6.92 Å². The number of methoxy groups -OCH3 is 2. The fraction of sp³-hybridized carbons (Fsp3) is 0.500. The third-order valence-corrected chi connectivity index (χ3v) is 8.51. The summed E-state index contributed by atoms with van der Waals surface area (Å²) in [6.45, 7) is 7.82. The minimum atomic E-state index is -3.93. The van der Waals surface area contributed by atoms with E-state index >= 15 is 0 Å². The van der Waals surface area contributed by atoms with Crippen molar-refractivity contribution in [1.82, 2.24) is 24.7 Å². The monoisotopic (exact) mass is 516 g/mol. The zero-order valence-corrected chi connectivity index (χ0v) is 22.1. The Morgan fingerprint density at radius 1 is 1.11 bits per heavy atom. The van der Waals surface area contributed by atoms with Crippen molar-refractivity contribution >= 4 is 16.0 Å². The first kappa shape index (κ1) is 25.8. The van der Waals surface area contributed by atoms with Crippen LogP contribution < -0.4 is 14.2 Å². The van der Waals surface area contributed by atoms with E-state index in [1.165, 1.54) is 0 Å². The summed E-state index contributed by atoms with van der Waals surface area (Å²) in [6, 6.07) is 5.34. The lowest BCUT2D eigenvalue weighted by Gasteiger charge is -2.22. The predicted molar refractivity (Wildman–Crippen MR) is 134 cm³/mol. The van der Waals surface area contributed by atoms with Gasteiger partial charge in [-0.1, -0.05) is 13.0 Å². The molecule has 1 aromatic carbocycles. The van der Waals surface area contributed by atoms with Gasteiger partial charge in [-0.05, 0) is 44.9 Å². The van der Waals surface area contributed by atoms with Crippen molar-refractivity contribution in [2.75, 3.05) is 25.5 Å². The Morgan fingerprint density at radius 2 is 1.75 bits per heavy atom. The molecule has 0 amide bonds. The van der Waals surface area contributed by atoms with E-state index in [2.05, 4.69) is 24.9 Å². The van der Waals surface area contributed by atoms with Crippen LogP contribution in [0.5, 0.6) is 11.5 Å². The summed E-state index contributed by atoms with van der Waals surface area (Å²) in [4.78, 5) is 8.62. The maximum absolute atomic E-state index is 13.5. The number of hydrogen-bond donors (Lipinski definition) is 1. The summed E-state index contributed by atoms with van der Waals surface area (Å²) in [7, 11) is -0.849. The largest absolute Gasteiger partial charge is 0.494 e. The number of aryl methyl sites for hydroxylation is 1. The molecule has 0 unspecified atom stereocenters. The average molecular weight is 517 g/mol. The number of nitrogens with zero attached hydrogens (tertiary/aromatic N) is 5. The van der Waals surface area contributed by atoms with Gasteiger partial charge in [0.05, 0.1) is 25.6 Å². The van der Waals surface area contributed by atoms with E-state index < -0.39 is 21.2 Å². The summed E-state index contributed by atoms with van der Waals surface area (Å²) in [5.74, 6) is 1.45. The molecule has 36 heavy (non-hydrogen) atoms. The van der Waals surface area contributed by atoms with Crippen molar-refractivity contribution in [2.24, 2.45) is 0 Å². The summed E-state index contributed by atoms with van der Waals surface area (Å²) in [5, 5.41) is 7.80. The number of sulfonamides is 1. The second-order valence-electron chi connectivity index (χ2n) is 8.96. The Bertz CT molecular complexity index is 1290. The van der Waals surface area contributed by atoms with Crippen molar-refractivity contribution in [3.63, 3.8) is 0 Å². The van der Waals surface area contributed by atoms with Crippen LogP contribution >= 0.6 is 0 Å². The van der Waals surface area contributed by atoms with Gasteiger partial charge in [-0.15, -0.1) is 10.2 Å². The third kappa shape index (κ3) is 4.87. The molecule has 4 rings (SSSR count). The molecular weight excluding hydrogens is 484 g/mol. The molecule has 12 heteroatoms. The van der Waals surface area contributed by atoms with Gasteiger partial charge in [-0.25, -0.2) is 18.4 Å². The summed E-state index contributed by atoms with van der Waals surface area (Å²) in [5.41, 5.74) is 1.40. The van der Waals surface area contributed by atoms with Gasteiger partial charge < -0.3 is 14.2 Å². The van der Waals surface area contributed by atoms with Crippen LogP contribution in [0.4, 0.5) is 5.95 Å². The molecule has 0 bridgehead atoms. The molecule has 1 saturated heterocycles. The number of para-hydroxylation sites is 1. The highest BCUT2D eigenvalue weighted by Crippen LogP contribution is 2.39. The standard InChI is InChI=1S/C24H32N6O5S/c1-14-12-25-22(26-13-14)15(2)17(4)36(31,32)29-24-28-27-23(18-10-11-35-16(18)3)30(24)21-19(33-5)8-7-9-20(21)34-6/h7-9,12-13,15-18H,10-11H2,1-6H3,(H,28,29)/t15-,16+,17-,18-/m0/s1. The van der Waals surface area contributed by atoms with Gasteiger partial charge in [0.1, 0.15) is 28.8 Å². The molecule has 194 valence electrons. The second kappa shape index (κ2) is 10.4. The van der Waals surface area contributed by atoms with E-state index in [1.807, 2.05) is 13.8 Å². The normalized spacial score (nSPS) is 19.6. The van der Waals surface area contributed by atoms with Gasteiger partial charge in [-0.2, -0.15) is 0 Å². The van der Waals surface area contributed by atoms with Gasteiger partial charge in [-0.3, -0.25) is 9.29 Å². The van der Waals surface area contributed by atoms with Gasteiger partial charge in [0.15, 0.2) is 0 Å². The molecule has 2 aromatic heterocycles. The molecule has 0 aliphatic carbocycles. The van der Waals surface area contributed by atoms with Crippen LogP contribution in [0.25, 0.3) is 5.69 Å². The lowest BCUT2D eigenvalue weighted by Crippen LogP contribution is -2.31. The lowest BCUT2D eigenvalue weighted by atomic mass is 10.0. The van der Waals surface area contributed by atoms with Gasteiger partial charge in [0, 0.05) is 30.8 Å². The van der Waals surface area contributed by atoms with Crippen LogP contribution in [-0.4, -0.2) is 65.3 Å². The van der Waals surface area contributed by atoms with Crippen molar-refractivity contribution in [3.8, 4) is 17.2 Å². The molecule has 0 spiro atoms. The second-order valence-corrected chi connectivity index (χ2v) is 11.0. The van der Waals surface area contributed by atoms with Crippen LogP contribution in [0.3, 0.4) is 0 Å². The number of nitrogens with one attached hydrogen (secondary N) is 1. The fourth-order valence-electron chi connectivity index (χ4n) is 4.28. The molecule has 4 atom stereocenters. The van der Waals surface area contributed by atoms with E-state index in [0.29, 0.717) is 35.4 Å². The highest BCUT2D eigenvalue weighted by atomic mass is 32.2. The number of hydrogen-bond acceptors (Lipinski definition) is 9. The topological polar surface area (TPSA) is 130 Å². The highest BCUT2D eigenvalue weighted by Gasteiger charge is 2.36. The molecular formula is C24H32N6O5S. The molecule has 11 nitrogen and oxygen atoms in total. The van der Waals surface area contributed by atoms with Crippen LogP contribution in [0.2, 0.25) is 0 Å². The van der Waals surface area contributed by atoms with Gasteiger partial charge in [0.2, 0.25) is 16.0 Å². The van der Waals surface area contributed by atoms with E-state index in [1.54, 1.807) is 63.2 Å². The van der Waals surface area contributed by atoms with E-state index in [4.69, 9.17) is 14.2 Å². The predicted octanol–water partition coefficient (Wildman–Crippen LogP) is 3.21. The highest BCUT2D eigenvalue weighted by molar-refractivity contribution is 7.93. The number of aromatic nitrogens is 5. The van der Waals surface area contributed by atoms with Crippen molar-refractivity contribution < 1.29 is 22.6 Å². The SMILES string of the molecule is COc1cccc(OC)c1-n1c(NS(=O)(=O)[C@@H](C)[C@H](C)c2ncc(C)cn2)nnc1[C@H]1CCO[C@@H]1C. The molecule has 3 heterocycles. The number of anilines is 1. The number of rotatable bonds is 9. The molecule has 0 radical (unpaired) electrons. The number of benzene rings is 1. The molecule has 1 aliphatic rings. The molecule has 1 fully saturated rings. The van der Waals surface area contributed by atoms with E-state index in [9.17, 15) is 8.42 Å². The number of ether oxygens (including phenoxy) is 3. The summed E-state index contributed by atoms with van der Waals surface area (Å²) >= 11 is 0. The van der Waals surface area contributed by atoms with Crippen molar-refractivity contribution in [3.05, 3.63) is 47.8 Å². The first-order valence-electron chi connectivity index (χ1n) is 11.8. The molecule has 1 aliphatic heterocycles. The molecule has 3 aromatic rings. The Hall–Kier alpha value is -3.25. The van der Waals surface area contributed by atoms with Crippen molar-refractivity contribution in [1.29, 1.82) is 0 Å². The summed E-state index contributed by atoms with van der Waals surface area (Å²) < 4.78 is 48.4. The first-order chi connectivity index (χ1) is 17.2. The van der Waals surface area contributed by atoms with Crippen molar-refractivity contribution in [2.45, 2.75) is 57.3 Å². The van der Waals surface area contributed by atoms with Crippen LogP contribution in [-0.2, 0) is 14.8 Å². The van der Waals surface area contributed by atoms with Gasteiger partial charge in [0.25, 0.3) is 0 Å². The minimum absolute atomic E-state index is 0.0378. The Balaban J connectivity index is 1.78. The third-order valence-electron chi connectivity index (χ3n) is 6.66.